The Morgan fingerprint density at radius 3 is 2.70 bits per heavy atom. The number of carbonyl (C=O) groups excluding carboxylic acids is 2. The Morgan fingerprint density at radius 1 is 1.15 bits per heavy atom. The number of benzene rings is 1. The van der Waals surface area contributed by atoms with Gasteiger partial charge in [0.25, 0.3) is 5.91 Å². The summed E-state index contributed by atoms with van der Waals surface area (Å²) < 4.78 is 5.16. The Morgan fingerprint density at radius 2 is 1.93 bits per heavy atom. The molecular weight excluding hydrogens is 340 g/mol. The fraction of sp³-hybridized carbons (Fsp3) is 0.318. The van der Waals surface area contributed by atoms with E-state index in [2.05, 4.69) is 16.4 Å². The molecule has 0 atom stereocenters. The second-order valence-electron chi connectivity index (χ2n) is 6.82. The first-order valence-corrected chi connectivity index (χ1v) is 9.31. The Bertz CT molecular complexity index is 871. The van der Waals surface area contributed by atoms with Crippen molar-refractivity contribution < 1.29 is 14.3 Å². The largest absolute Gasteiger partial charge is 0.463 e. The van der Waals surface area contributed by atoms with Gasteiger partial charge < -0.3 is 10.1 Å². The summed E-state index contributed by atoms with van der Waals surface area (Å²) in [5.41, 5.74) is 4.23. The van der Waals surface area contributed by atoms with Crippen LogP contribution in [0, 0.1) is 0 Å². The molecule has 0 fully saturated rings. The van der Waals surface area contributed by atoms with Gasteiger partial charge in [-0.2, -0.15) is 0 Å². The first kappa shape index (κ1) is 18.8. The molecule has 3 rings (SSSR count). The third-order valence-electron chi connectivity index (χ3n) is 4.37. The van der Waals surface area contributed by atoms with Crippen LogP contribution in [0.15, 0.2) is 48.8 Å². The highest BCUT2D eigenvalue weighted by Gasteiger charge is 2.22. The van der Waals surface area contributed by atoms with E-state index in [4.69, 9.17) is 4.74 Å². The van der Waals surface area contributed by atoms with Crippen molar-refractivity contribution in [3.63, 3.8) is 0 Å². The van der Waals surface area contributed by atoms with Crippen molar-refractivity contribution in [2.45, 2.75) is 45.6 Å². The smallest absolute Gasteiger partial charge is 0.306 e. The maximum absolute atomic E-state index is 12.5. The van der Waals surface area contributed by atoms with Crippen LogP contribution in [-0.2, 0) is 9.53 Å². The third-order valence-corrected chi connectivity index (χ3v) is 4.37. The predicted molar refractivity (Wildman–Crippen MR) is 105 cm³/mol. The highest BCUT2D eigenvalue weighted by Crippen LogP contribution is 2.34. The van der Waals surface area contributed by atoms with Crippen molar-refractivity contribution in [3.05, 3.63) is 65.5 Å². The maximum atomic E-state index is 12.5. The lowest BCUT2D eigenvalue weighted by Gasteiger charge is -2.10. The lowest BCUT2D eigenvalue weighted by molar-refractivity contribution is -0.147. The number of esters is 1. The minimum absolute atomic E-state index is 0.0730. The Hall–Kier alpha value is -2.95. The van der Waals surface area contributed by atoms with E-state index in [1.54, 1.807) is 12.4 Å². The Kier molecular flexibility index (Phi) is 6.01. The van der Waals surface area contributed by atoms with Gasteiger partial charge in [0.2, 0.25) is 0 Å². The topological polar surface area (TPSA) is 68.3 Å². The number of hydrogen-bond donors (Lipinski definition) is 1. The second kappa shape index (κ2) is 8.62. The van der Waals surface area contributed by atoms with Crippen LogP contribution in [0.4, 0.5) is 5.69 Å². The zero-order chi connectivity index (χ0) is 19.2. The number of ether oxygens (including phenoxy) is 1. The van der Waals surface area contributed by atoms with E-state index in [1.807, 2.05) is 44.2 Å². The summed E-state index contributed by atoms with van der Waals surface area (Å²) in [5.74, 6) is -0.264. The number of amides is 1. The molecular formula is C22H24N2O3. The summed E-state index contributed by atoms with van der Waals surface area (Å²) in [7, 11) is 0. The number of nitrogens with zero attached hydrogens (tertiary/aromatic N) is 1. The SMILES string of the molecule is CC(C)OC(=O)CCCCC=C1c2cnccc2NC(=O)c2ccccc21. The molecule has 140 valence electrons. The molecule has 1 N–H and O–H groups in total. The molecule has 0 saturated carbocycles. The number of nitrogens with one attached hydrogen (secondary N) is 1. The molecule has 0 bridgehead atoms. The van der Waals surface area contributed by atoms with Gasteiger partial charge in [0.1, 0.15) is 0 Å². The van der Waals surface area contributed by atoms with Gasteiger partial charge in [0.15, 0.2) is 0 Å². The number of aromatic nitrogens is 1. The van der Waals surface area contributed by atoms with Crippen molar-refractivity contribution >= 4 is 23.1 Å². The van der Waals surface area contributed by atoms with Gasteiger partial charge in [-0.25, -0.2) is 0 Å². The van der Waals surface area contributed by atoms with Crippen LogP contribution in [0.5, 0.6) is 0 Å². The second-order valence-corrected chi connectivity index (χ2v) is 6.82. The van der Waals surface area contributed by atoms with Crippen LogP contribution in [0.2, 0.25) is 0 Å². The van der Waals surface area contributed by atoms with Gasteiger partial charge in [0, 0.05) is 29.9 Å². The monoisotopic (exact) mass is 364 g/mol. The molecule has 1 aromatic carbocycles. The number of rotatable bonds is 6. The van der Waals surface area contributed by atoms with Crippen LogP contribution in [0.3, 0.4) is 0 Å². The van der Waals surface area contributed by atoms with Crippen molar-refractivity contribution in [2.75, 3.05) is 5.32 Å². The molecule has 1 aliphatic rings. The lowest BCUT2D eigenvalue weighted by Crippen LogP contribution is -2.11. The Labute approximate surface area is 159 Å². The van der Waals surface area contributed by atoms with Crippen LogP contribution in [0.1, 0.15) is 61.0 Å². The van der Waals surface area contributed by atoms with Crippen LogP contribution in [-0.4, -0.2) is 23.0 Å². The average Bonchev–Trinajstić information content (AvgIpc) is 2.76. The molecule has 0 radical (unpaired) electrons. The molecule has 0 spiro atoms. The van der Waals surface area contributed by atoms with Crippen LogP contribution in [0.25, 0.3) is 5.57 Å². The van der Waals surface area contributed by atoms with Gasteiger partial charge in [-0.3, -0.25) is 14.6 Å². The average molecular weight is 364 g/mol. The highest BCUT2D eigenvalue weighted by molar-refractivity contribution is 6.12. The predicted octanol–water partition coefficient (Wildman–Crippen LogP) is 4.59. The van der Waals surface area contributed by atoms with Crippen LogP contribution >= 0.6 is 0 Å². The van der Waals surface area contributed by atoms with Crippen molar-refractivity contribution in [1.82, 2.24) is 4.98 Å². The van der Waals surface area contributed by atoms with E-state index in [9.17, 15) is 9.59 Å². The third kappa shape index (κ3) is 4.61. The van der Waals surface area contributed by atoms with E-state index in [-0.39, 0.29) is 18.0 Å². The first-order valence-electron chi connectivity index (χ1n) is 9.31. The molecule has 0 saturated heterocycles. The van der Waals surface area contributed by atoms with E-state index in [0.29, 0.717) is 12.0 Å². The minimum atomic E-state index is -0.151. The standard InChI is InChI=1S/C22H24N2O3/c1-15(2)27-21(25)11-5-3-4-8-17-16-9-6-7-10-18(16)22(26)24-20-12-13-23-14-19(17)20/h6-10,12-15H,3-5,11H2,1-2H3,(H,24,26). The zero-order valence-electron chi connectivity index (χ0n) is 15.7. The molecule has 1 amide bonds. The van der Waals surface area contributed by atoms with E-state index >= 15 is 0 Å². The fourth-order valence-corrected chi connectivity index (χ4v) is 3.17. The summed E-state index contributed by atoms with van der Waals surface area (Å²) >= 11 is 0. The molecule has 0 unspecified atom stereocenters. The molecule has 5 heteroatoms. The quantitative estimate of drug-likeness (QED) is 0.601. The van der Waals surface area contributed by atoms with E-state index in [1.165, 1.54) is 0 Å². The van der Waals surface area contributed by atoms with Gasteiger partial charge >= 0.3 is 5.97 Å². The summed E-state index contributed by atoms with van der Waals surface area (Å²) in [6.45, 7) is 3.71. The molecule has 2 aromatic rings. The minimum Gasteiger partial charge on any atom is -0.463 e. The molecule has 27 heavy (non-hydrogen) atoms. The lowest BCUT2D eigenvalue weighted by atomic mass is 9.94. The number of anilines is 1. The van der Waals surface area contributed by atoms with Gasteiger partial charge in [-0.05, 0) is 56.4 Å². The number of carbonyl (C=O) groups is 2. The molecule has 0 aliphatic carbocycles. The zero-order valence-corrected chi connectivity index (χ0v) is 15.7. The van der Waals surface area contributed by atoms with Gasteiger partial charge in [-0.15, -0.1) is 0 Å². The van der Waals surface area contributed by atoms with E-state index < -0.39 is 0 Å². The number of hydrogen-bond acceptors (Lipinski definition) is 4. The van der Waals surface area contributed by atoms with Crippen molar-refractivity contribution in [1.29, 1.82) is 0 Å². The summed E-state index contributed by atoms with van der Waals surface area (Å²) in [5, 5.41) is 2.96. The van der Waals surface area contributed by atoms with E-state index in [0.717, 1.165) is 41.6 Å². The van der Waals surface area contributed by atoms with Gasteiger partial charge in [-0.1, -0.05) is 24.3 Å². The van der Waals surface area contributed by atoms with Crippen molar-refractivity contribution in [3.8, 4) is 0 Å². The summed E-state index contributed by atoms with van der Waals surface area (Å²) in [6.07, 6.45) is 8.39. The molecule has 1 aromatic heterocycles. The normalized spacial score (nSPS) is 14.3. The maximum Gasteiger partial charge on any atom is 0.306 e. The number of pyridine rings is 1. The Balaban J connectivity index is 1.78. The number of unbranched alkanes of at least 4 members (excludes halogenated alkanes) is 2. The highest BCUT2D eigenvalue weighted by atomic mass is 16.5. The van der Waals surface area contributed by atoms with Crippen LogP contribution < -0.4 is 5.32 Å². The summed E-state index contributed by atoms with van der Waals surface area (Å²) in [4.78, 5) is 28.4. The fourth-order valence-electron chi connectivity index (χ4n) is 3.17. The first-order chi connectivity index (χ1) is 13.1. The molecule has 2 heterocycles. The van der Waals surface area contributed by atoms with Gasteiger partial charge in [0.05, 0.1) is 11.8 Å². The molecule has 5 nitrogen and oxygen atoms in total. The number of allylic oxidation sites excluding steroid dienone is 1. The van der Waals surface area contributed by atoms with Crippen molar-refractivity contribution in [2.24, 2.45) is 0 Å². The molecule has 1 aliphatic heterocycles. The number of fused-ring (bicyclic) bond motifs is 2. The summed E-state index contributed by atoms with van der Waals surface area (Å²) in [6, 6.07) is 9.41.